The van der Waals surface area contributed by atoms with Crippen LogP contribution in [-0.4, -0.2) is 62.3 Å². The molecule has 1 fully saturated rings. The molecule has 0 N–H and O–H groups in total. The van der Waals surface area contributed by atoms with E-state index in [4.69, 9.17) is 9.47 Å². The molecule has 40 heavy (non-hydrogen) atoms. The summed E-state index contributed by atoms with van der Waals surface area (Å²) in [5.74, 6) is 1.96. The number of para-hydroxylation sites is 1. The van der Waals surface area contributed by atoms with Crippen molar-refractivity contribution in [3.8, 4) is 22.6 Å². The number of likely N-dealkylation sites (tertiary alicyclic amines) is 1. The van der Waals surface area contributed by atoms with Crippen molar-refractivity contribution in [2.45, 2.75) is 51.4 Å². The molecule has 4 heteroatoms. The van der Waals surface area contributed by atoms with E-state index in [1.54, 1.807) is 0 Å². The van der Waals surface area contributed by atoms with Crippen LogP contribution in [0.3, 0.4) is 0 Å². The van der Waals surface area contributed by atoms with Crippen molar-refractivity contribution < 1.29 is 9.47 Å². The first kappa shape index (κ1) is 29.9. The average molecular weight is 541 g/mol. The van der Waals surface area contributed by atoms with Gasteiger partial charge in [-0.1, -0.05) is 72.8 Å². The number of ether oxygens (including phenoxy) is 2. The Morgan fingerprint density at radius 2 is 1.05 bits per heavy atom. The lowest BCUT2D eigenvalue weighted by Crippen LogP contribution is -2.21. The van der Waals surface area contributed by atoms with Crippen LogP contribution in [0.1, 0.15) is 51.4 Å². The molecule has 0 radical (unpaired) electrons. The summed E-state index contributed by atoms with van der Waals surface area (Å²) in [6.07, 6.45) is 14.7. The summed E-state index contributed by atoms with van der Waals surface area (Å²) in [6, 6.07) is 28.9. The smallest absolute Gasteiger partial charge is 0.119 e. The number of hydrogen-bond donors (Lipinski definition) is 0. The molecule has 5 rings (SSSR count). The first-order valence-electron chi connectivity index (χ1n) is 15.4. The Morgan fingerprint density at radius 1 is 0.500 bits per heavy atom. The van der Waals surface area contributed by atoms with Crippen LogP contribution in [0.15, 0.2) is 97.1 Å². The Morgan fingerprint density at radius 3 is 1.73 bits per heavy atom. The van der Waals surface area contributed by atoms with Crippen molar-refractivity contribution in [3.63, 3.8) is 0 Å². The predicted octanol–water partition coefficient (Wildman–Crippen LogP) is 8.11. The third kappa shape index (κ3) is 11.6. The van der Waals surface area contributed by atoms with Gasteiger partial charge in [0, 0.05) is 13.1 Å². The fraction of sp³-hybridized carbons (Fsp3) is 0.444. The molecule has 3 aromatic rings. The number of unbranched alkanes of at least 4 members (excludes halogenated alkanes) is 4. The second kappa shape index (κ2) is 18.3. The van der Waals surface area contributed by atoms with Gasteiger partial charge in [0.1, 0.15) is 11.5 Å². The SMILES string of the molecule is C1=CCN(CCCCCOc2ccccc2)C1.c1ccc(-c2cccc(OCCCCCN3CCCC3)c2)cc1. The van der Waals surface area contributed by atoms with Gasteiger partial charge in [-0.05, 0) is 113 Å². The normalized spacial score (nSPS) is 15.1. The predicted molar refractivity (Wildman–Crippen MR) is 168 cm³/mol. The lowest BCUT2D eigenvalue weighted by Gasteiger charge is -2.14. The minimum absolute atomic E-state index is 0.818. The maximum atomic E-state index is 5.93. The highest BCUT2D eigenvalue weighted by atomic mass is 16.5. The third-order valence-corrected chi connectivity index (χ3v) is 7.55. The summed E-state index contributed by atoms with van der Waals surface area (Å²) in [5, 5.41) is 0. The molecule has 0 saturated carbocycles. The number of nitrogens with zero attached hydrogens (tertiary/aromatic N) is 2. The molecule has 0 aliphatic carbocycles. The largest absolute Gasteiger partial charge is 0.494 e. The molecule has 2 aliphatic rings. The lowest BCUT2D eigenvalue weighted by atomic mass is 10.1. The molecule has 0 atom stereocenters. The molecule has 1 saturated heterocycles. The van der Waals surface area contributed by atoms with E-state index < -0.39 is 0 Å². The van der Waals surface area contributed by atoms with Crippen molar-refractivity contribution in [1.82, 2.24) is 9.80 Å². The van der Waals surface area contributed by atoms with Crippen molar-refractivity contribution in [2.75, 3.05) is 52.5 Å². The van der Waals surface area contributed by atoms with Gasteiger partial charge < -0.3 is 14.4 Å². The van der Waals surface area contributed by atoms with Gasteiger partial charge >= 0.3 is 0 Å². The minimum atomic E-state index is 0.818. The number of hydrogen-bond acceptors (Lipinski definition) is 4. The molecule has 2 aliphatic heterocycles. The first-order valence-corrected chi connectivity index (χ1v) is 15.4. The molecule has 3 aromatic carbocycles. The first-order chi connectivity index (χ1) is 19.9. The molecular formula is C36H48N2O2. The second-order valence-electron chi connectivity index (χ2n) is 10.8. The minimum Gasteiger partial charge on any atom is -0.494 e. The zero-order valence-electron chi connectivity index (χ0n) is 24.3. The van der Waals surface area contributed by atoms with Crippen molar-refractivity contribution >= 4 is 0 Å². The summed E-state index contributed by atoms with van der Waals surface area (Å²) in [6.45, 7) is 9.04. The summed E-state index contributed by atoms with van der Waals surface area (Å²) in [7, 11) is 0. The molecule has 0 bridgehead atoms. The molecule has 0 spiro atoms. The molecular weight excluding hydrogens is 492 g/mol. The van der Waals surface area contributed by atoms with E-state index in [9.17, 15) is 0 Å². The molecule has 0 amide bonds. The highest BCUT2D eigenvalue weighted by molar-refractivity contribution is 5.64. The summed E-state index contributed by atoms with van der Waals surface area (Å²) < 4.78 is 11.6. The van der Waals surface area contributed by atoms with E-state index in [0.717, 1.165) is 50.6 Å². The van der Waals surface area contributed by atoms with Crippen molar-refractivity contribution in [3.05, 3.63) is 97.1 Å². The average Bonchev–Trinajstić information content (AvgIpc) is 3.73. The van der Waals surface area contributed by atoms with E-state index in [1.165, 1.54) is 75.8 Å². The van der Waals surface area contributed by atoms with Gasteiger partial charge in [0.2, 0.25) is 0 Å². The maximum Gasteiger partial charge on any atom is 0.119 e. The Balaban J connectivity index is 0.000000194. The van der Waals surface area contributed by atoms with Crippen LogP contribution in [0.5, 0.6) is 11.5 Å². The molecule has 0 unspecified atom stereocenters. The Kier molecular flexibility index (Phi) is 13.7. The Hall–Kier alpha value is -3.08. The van der Waals surface area contributed by atoms with Crippen LogP contribution in [0.2, 0.25) is 0 Å². The van der Waals surface area contributed by atoms with Crippen LogP contribution >= 0.6 is 0 Å². The zero-order chi connectivity index (χ0) is 27.5. The maximum absolute atomic E-state index is 5.93. The van der Waals surface area contributed by atoms with Crippen molar-refractivity contribution in [2.24, 2.45) is 0 Å². The van der Waals surface area contributed by atoms with Crippen LogP contribution < -0.4 is 9.47 Å². The van der Waals surface area contributed by atoms with Crippen molar-refractivity contribution in [1.29, 1.82) is 0 Å². The Labute approximate surface area is 242 Å². The van der Waals surface area contributed by atoms with E-state index in [-0.39, 0.29) is 0 Å². The standard InChI is InChI=1S/C21H27NO.C15H21NO/c1-3-10-19(11-4-1)20-12-9-13-21(18-20)23-17-8-2-5-14-22-15-6-7-16-22;1-3-9-15(10-4-1)17-14-8-2-5-11-16-12-6-7-13-16/h1,3-4,9-13,18H,2,5-8,14-17H2;1,3-4,6-7,9-10H,2,5,8,11-14H2. The van der Waals surface area contributed by atoms with Gasteiger partial charge in [0.25, 0.3) is 0 Å². The van der Waals surface area contributed by atoms with Gasteiger partial charge in [-0.15, -0.1) is 0 Å². The number of benzene rings is 3. The van der Waals surface area contributed by atoms with Crippen LogP contribution in [0.4, 0.5) is 0 Å². The van der Waals surface area contributed by atoms with Gasteiger partial charge in [-0.3, -0.25) is 4.90 Å². The van der Waals surface area contributed by atoms with Crippen LogP contribution in [0, 0.1) is 0 Å². The van der Waals surface area contributed by atoms with E-state index >= 15 is 0 Å². The van der Waals surface area contributed by atoms with Crippen LogP contribution in [-0.2, 0) is 0 Å². The van der Waals surface area contributed by atoms with E-state index in [0.29, 0.717) is 0 Å². The quantitative estimate of drug-likeness (QED) is 0.144. The fourth-order valence-electron chi connectivity index (χ4n) is 5.23. The van der Waals surface area contributed by atoms with Gasteiger partial charge in [0.15, 0.2) is 0 Å². The molecule has 4 nitrogen and oxygen atoms in total. The monoisotopic (exact) mass is 540 g/mol. The highest BCUT2D eigenvalue weighted by Crippen LogP contribution is 2.23. The molecule has 214 valence electrons. The molecule has 2 heterocycles. The molecule has 0 aromatic heterocycles. The third-order valence-electron chi connectivity index (χ3n) is 7.55. The lowest BCUT2D eigenvalue weighted by molar-refractivity contribution is 0.290. The van der Waals surface area contributed by atoms with Crippen LogP contribution in [0.25, 0.3) is 11.1 Å². The summed E-state index contributed by atoms with van der Waals surface area (Å²) >= 11 is 0. The summed E-state index contributed by atoms with van der Waals surface area (Å²) in [4.78, 5) is 5.06. The highest BCUT2D eigenvalue weighted by Gasteiger charge is 2.10. The van der Waals surface area contributed by atoms with Gasteiger partial charge in [-0.2, -0.15) is 0 Å². The Bertz CT molecular complexity index is 1070. The van der Waals surface area contributed by atoms with Gasteiger partial charge in [0.05, 0.1) is 13.2 Å². The topological polar surface area (TPSA) is 24.9 Å². The second-order valence-corrected chi connectivity index (χ2v) is 10.8. The number of rotatable bonds is 15. The van der Waals surface area contributed by atoms with Gasteiger partial charge in [-0.25, -0.2) is 0 Å². The zero-order valence-corrected chi connectivity index (χ0v) is 24.3. The summed E-state index contributed by atoms with van der Waals surface area (Å²) in [5.41, 5.74) is 2.46. The van der Waals surface area contributed by atoms with E-state index in [2.05, 4.69) is 70.5 Å². The fourth-order valence-corrected chi connectivity index (χ4v) is 5.23. The van der Waals surface area contributed by atoms with E-state index in [1.807, 2.05) is 36.4 Å².